The van der Waals surface area contributed by atoms with Crippen LogP contribution in [0.15, 0.2) is 0 Å². The van der Waals surface area contributed by atoms with E-state index in [-0.39, 0.29) is 11.7 Å². The van der Waals surface area contributed by atoms with Crippen LogP contribution in [0.25, 0.3) is 0 Å². The zero-order chi connectivity index (χ0) is 16.2. The van der Waals surface area contributed by atoms with Crippen LogP contribution in [0.2, 0.25) is 0 Å². The zero-order valence-corrected chi connectivity index (χ0v) is 14.5. The minimum absolute atomic E-state index is 0.128. The highest BCUT2D eigenvalue weighted by Crippen LogP contribution is 2.27. The van der Waals surface area contributed by atoms with Gasteiger partial charge < -0.3 is 19.1 Å². The smallest absolute Gasteiger partial charge is 0.410 e. The quantitative estimate of drug-likeness (QED) is 0.798. The van der Waals surface area contributed by atoms with Gasteiger partial charge in [-0.2, -0.15) is 0 Å². The lowest BCUT2D eigenvalue weighted by atomic mass is 9.93. The highest BCUT2D eigenvalue weighted by atomic mass is 16.6. The predicted octanol–water partition coefficient (Wildman–Crippen LogP) is 3.36. The van der Waals surface area contributed by atoms with Crippen LogP contribution in [-0.2, 0) is 14.2 Å². The summed E-state index contributed by atoms with van der Waals surface area (Å²) >= 11 is 0. The molecule has 2 saturated heterocycles. The third kappa shape index (κ3) is 5.43. The second-order valence-electron chi connectivity index (χ2n) is 7.69. The maximum Gasteiger partial charge on any atom is 0.410 e. The maximum atomic E-state index is 12.1. The van der Waals surface area contributed by atoms with Crippen LogP contribution in [-0.4, -0.2) is 54.6 Å². The van der Waals surface area contributed by atoms with Crippen molar-refractivity contribution in [2.24, 2.45) is 0 Å². The first-order valence-corrected chi connectivity index (χ1v) is 8.51. The topological polar surface area (TPSA) is 48.0 Å². The highest BCUT2D eigenvalue weighted by Gasteiger charge is 2.34. The first kappa shape index (κ1) is 17.5. The van der Waals surface area contributed by atoms with Gasteiger partial charge in [0.2, 0.25) is 0 Å². The van der Waals surface area contributed by atoms with E-state index in [1.165, 1.54) is 6.42 Å². The second-order valence-corrected chi connectivity index (χ2v) is 7.69. The van der Waals surface area contributed by atoms with Crippen molar-refractivity contribution >= 4 is 6.09 Å². The first-order chi connectivity index (χ1) is 10.3. The van der Waals surface area contributed by atoms with Crippen molar-refractivity contribution in [3.05, 3.63) is 0 Å². The summed E-state index contributed by atoms with van der Waals surface area (Å²) in [7, 11) is 0. The second kappa shape index (κ2) is 7.18. The van der Waals surface area contributed by atoms with Gasteiger partial charge in [-0.25, -0.2) is 4.79 Å². The van der Waals surface area contributed by atoms with Crippen molar-refractivity contribution in [3.8, 4) is 0 Å². The Kier molecular flexibility index (Phi) is 5.72. The molecule has 2 fully saturated rings. The molecular weight excluding hydrogens is 282 g/mol. The summed E-state index contributed by atoms with van der Waals surface area (Å²) in [4.78, 5) is 13.8. The molecule has 2 heterocycles. The molecule has 1 amide bonds. The highest BCUT2D eigenvalue weighted by molar-refractivity contribution is 5.68. The fourth-order valence-corrected chi connectivity index (χ4v) is 2.94. The lowest BCUT2D eigenvalue weighted by Gasteiger charge is -2.39. The van der Waals surface area contributed by atoms with E-state index in [2.05, 4.69) is 6.92 Å². The van der Waals surface area contributed by atoms with E-state index >= 15 is 0 Å². The molecule has 0 saturated carbocycles. The molecule has 2 aliphatic rings. The molecular formula is C17H31NO4. The summed E-state index contributed by atoms with van der Waals surface area (Å²) in [5.74, 6) is 0. The Hall–Kier alpha value is -0.810. The van der Waals surface area contributed by atoms with Crippen LogP contribution in [0.5, 0.6) is 0 Å². The van der Waals surface area contributed by atoms with E-state index in [1.54, 1.807) is 4.90 Å². The van der Waals surface area contributed by atoms with Gasteiger partial charge in [0.05, 0.1) is 11.7 Å². The Balaban J connectivity index is 1.69. The summed E-state index contributed by atoms with van der Waals surface area (Å²) in [6.45, 7) is 10.9. The van der Waals surface area contributed by atoms with Crippen LogP contribution < -0.4 is 0 Å². The summed E-state index contributed by atoms with van der Waals surface area (Å²) < 4.78 is 17.1. The molecule has 2 rings (SSSR count). The van der Waals surface area contributed by atoms with Crippen molar-refractivity contribution in [2.75, 3.05) is 26.3 Å². The van der Waals surface area contributed by atoms with E-state index in [1.807, 2.05) is 20.8 Å². The molecule has 0 aliphatic carbocycles. The third-order valence-corrected chi connectivity index (χ3v) is 4.39. The van der Waals surface area contributed by atoms with Gasteiger partial charge >= 0.3 is 6.09 Å². The molecule has 128 valence electrons. The average molecular weight is 313 g/mol. The van der Waals surface area contributed by atoms with Gasteiger partial charge in [-0.3, -0.25) is 0 Å². The molecule has 0 radical (unpaired) electrons. The van der Waals surface area contributed by atoms with Crippen molar-refractivity contribution in [1.82, 2.24) is 4.90 Å². The van der Waals surface area contributed by atoms with Gasteiger partial charge in [-0.05, 0) is 59.8 Å². The van der Waals surface area contributed by atoms with Gasteiger partial charge in [0, 0.05) is 26.3 Å². The number of hydrogen-bond acceptors (Lipinski definition) is 4. The van der Waals surface area contributed by atoms with Crippen LogP contribution in [0.1, 0.15) is 59.8 Å². The summed E-state index contributed by atoms with van der Waals surface area (Å²) in [6.07, 6.45) is 5.19. The number of piperidine rings is 1. The molecule has 0 aromatic heterocycles. The van der Waals surface area contributed by atoms with Crippen LogP contribution in [0.3, 0.4) is 0 Å². The number of carbonyl (C=O) groups excluding carboxylic acids is 1. The molecule has 1 atom stereocenters. The van der Waals surface area contributed by atoms with Gasteiger partial charge in [-0.1, -0.05) is 0 Å². The van der Waals surface area contributed by atoms with Gasteiger partial charge in [0.15, 0.2) is 0 Å². The van der Waals surface area contributed by atoms with E-state index in [0.717, 1.165) is 38.9 Å². The largest absolute Gasteiger partial charge is 0.444 e. The van der Waals surface area contributed by atoms with Crippen molar-refractivity contribution < 1.29 is 19.0 Å². The number of hydrogen-bond donors (Lipinski definition) is 0. The Labute approximate surface area is 134 Å². The predicted molar refractivity (Wildman–Crippen MR) is 85.0 cm³/mol. The van der Waals surface area contributed by atoms with E-state index < -0.39 is 5.60 Å². The monoisotopic (exact) mass is 313 g/mol. The van der Waals surface area contributed by atoms with E-state index in [4.69, 9.17) is 14.2 Å². The lowest BCUT2D eigenvalue weighted by molar-refractivity contribution is -0.0803. The molecule has 1 unspecified atom stereocenters. The number of ether oxygens (including phenoxy) is 3. The molecule has 0 N–H and O–H groups in total. The molecule has 2 aliphatic heterocycles. The zero-order valence-electron chi connectivity index (χ0n) is 14.5. The fourth-order valence-electron chi connectivity index (χ4n) is 2.94. The lowest BCUT2D eigenvalue weighted by Crippen LogP contribution is -2.48. The maximum absolute atomic E-state index is 12.1. The number of carbonyl (C=O) groups is 1. The SMILES string of the molecule is CC(C)(C)OC(=O)N1CCC(C)(OCCC2CCCO2)CC1. The number of nitrogens with zero attached hydrogens (tertiary/aromatic N) is 1. The number of rotatable bonds is 4. The van der Waals surface area contributed by atoms with Crippen LogP contribution in [0.4, 0.5) is 4.79 Å². The summed E-state index contributed by atoms with van der Waals surface area (Å²) in [5.41, 5.74) is -0.563. The van der Waals surface area contributed by atoms with E-state index in [9.17, 15) is 4.79 Å². The molecule has 0 bridgehead atoms. The number of amides is 1. The first-order valence-electron chi connectivity index (χ1n) is 8.51. The van der Waals surface area contributed by atoms with Crippen LogP contribution >= 0.6 is 0 Å². The minimum Gasteiger partial charge on any atom is -0.444 e. The Morgan fingerprint density at radius 3 is 2.55 bits per heavy atom. The standard InChI is InChI=1S/C17H31NO4/c1-16(2,3)22-15(19)18-10-8-17(4,9-11-18)21-13-7-14-6-5-12-20-14/h14H,5-13H2,1-4H3. The Morgan fingerprint density at radius 2 is 2.00 bits per heavy atom. The molecule has 0 aromatic carbocycles. The fraction of sp³-hybridized carbons (Fsp3) is 0.941. The van der Waals surface area contributed by atoms with Gasteiger partial charge in [-0.15, -0.1) is 0 Å². The Morgan fingerprint density at radius 1 is 1.32 bits per heavy atom. The molecule has 0 aromatic rings. The van der Waals surface area contributed by atoms with Crippen molar-refractivity contribution in [3.63, 3.8) is 0 Å². The third-order valence-electron chi connectivity index (χ3n) is 4.39. The summed E-state index contributed by atoms with van der Waals surface area (Å²) in [6, 6.07) is 0. The molecule has 0 spiro atoms. The van der Waals surface area contributed by atoms with Gasteiger partial charge in [0.1, 0.15) is 5.60 Å². The number of likely N-dealkylation sites (tertiary alicyclic amines) is 1. The Bertz CT molecular complexity index is 363. The van der Waals surface area contributed by atoms with Crippen LogP contribution in [0, 0.1) is 0 Å². The van der Waals surface area contributed by atoms with Crippen molar-refractivity contribution in [2.45, 2.75) is 77.1 Å². The van der Waals surface area contributed by atoms with Crippen molar-refractivity contribution in [1.29, 1.82) is 0 Å². The van der Waals surface area contributed by atoms with E-state index in [0.29, 0.717) is 19.2 Å². The van der Waals surface area contributed by atoms with Gasteiger partial charge in [0.25, 0.3) is 0 Å². The average Bonchev–Trinajstić information content (AvgIpc) is 2.90. The molecule has 5 nitrogen and oxygen atoms in total. The normalized spacial score (nSPS) is 25.3. The minimum atomic E-state index is -0.435. The molecule has 5 heteroatoms. The summed E-state index contributed by atoms with van der Waals surface area (Å²) in [5, 5.41) is 0. The molecule has 22 heavy (non-hydrogen) atoms.